The third kappa shape index (κ3) is 4.35. The molecule has 28 heavy (non-hydrogen) atoms. The maximum absolute atomic E-state index is 12.6. The molecule has 5 nitrogen and oxygen atoms in total. The van der Waals surface area contributed by atoms with Gasteiger partial charge in [0.25, 0.3) is 11.8 Å². The van der Waals surface area contributed by atoms with Crippen LogP contribution >= 0.6 is 22.9 Å². The molecule has 1 atom stereocenters. The highest BCUT2D eigenvalue weighted by Crippen LogP contribution is 2.39. The fourth-order valence-electron chi connectivity index (χ4n) is 2.80. The summed E-state index contributed by atoms with van der Waals surface area (Å²) < 4.78 is 5.64. The van der Waals surface area contributed by atoms with E-state index in [1.807, 2.05) is 37.3 Å². The summed E-state index contributed by atoms with van der Waals surface area (Å²) in [4.78, 5) is 25.6. The Hall–Kier alpha value is -2.83. The molecule has 0 saturated carbocycles. The van der Waals surface area contributed by atoms with Crippen molar-refractivity contribution in [3.63, 3.8) is 0 Å². The van der Waals surface area contributed by atoms with E-state index < -0.39 is 12.0 Å². The lowest BCUT2D eigenvalue weighted by Gasteiger charge is -2.14. The van der Waals surface area contributed by atoms with Crippen LogP contribution in [0, 0.1) is 6.92 Å². The van der Waals surface area contributed by atoms with Gasteiger partial charge in [0.1, 0.15) is 10.8 Å². The van der Waals surface area contributed by atoms with Gasteiger partial charge < -0.3 is 15.8 Å². The molecule has 144 valence electrons. The summed E-state index contributed by atoms with van der Waals surface area (Å²) >= 11 is 7.17. The van der Waals surface area contributed by atoms with Crippen LogP contribution < -0.4 is 15.8 Å². The van der Waals surface area contributed by atoms with Gasteiger partial charge in [0, 0.05) is 15.5 Å². The van der Waals surface area contributed by atoms with Gasteiger partial charge in [0.2, 0.25) is 0 Å². The van der Waals surface area contributed by atoms with E-state index in [4.69, 9.17) is 22.1 Å². The van der Waals surface area contributed by atoms with Crippen molar-refractivity contribution in [3.05, 3.63) is 70.1 Å². The van der Waals surface area contributed by atoms with Crippen LogP contribution in [0.3, 0.4) is 0 Å². The van der Waals surface area contributed by atoms with Gasteiger partial charge in [0.05, 0.1) is 5.56 Å². The van der Waals surface area contributed by atoms with Crippen molar-refractivity contribution in [1.82, 2.24) is 0 Å². The number of carbonyl (C=O) groups excluding carboxylic acids is 2. The van der Waals surface area contributed by atoms with Crippen molar-refractivity contribution in [2.24, 2.45) is 5.73 Å². The van der Waals surface area contributed by atoms with E-state index in [9.17, 15) is 9.59 Å². The largest absolute Gasteiger partial charge is 0.481 e. The first-order valence-electron chi connectivity index (χ1n) is 8.58. The molecule has 0 aliphatic rings. The maximum Gasteiger partial charge on any atom is 0.265 e. The van der Waals surface area contributed by atoms with Crippen LogP contribution in [0.25, 0.3) is 11.1 Å². The monoisotopic (exact) mass is 414 g/mol. The average molecular weight is 415 g/mol. The van der Waals surface area contributed by atoms with Crippen LogP contribution in [0.15, 0.2) is 54.6 Å². The second kappa shape index (κ2) is 8.46. The van der Waals surface area contributed by atoms with E-state index in [-0.39, 0.29) is 5.91 Å². The summed E-state index contributed by atoms with van der Waals surface area (Å²) in [6, 6.07) is 16.2. The van der Waals surface area contributed by atoms with Crippen LogP contribution in [0.2, 0.25) is 5.02 Å². The van der Waals surface area contributed by atoms with Crippen molar-refractivity contribution in [1.29, 1.82) is 0 Å². The van der Waals surface area contributed by atoms with Gasteiger partial charge >= 0.3 is 0 Å². The van der Waals surface area contributed by atoms with Gasteiger partial charge in [0.15, 0.2) is 6.10 Å². The van der Waals surface area contributed by atoms with Crippen molar-refractivity contribution < 1.29 is 14.3 Å². The molecule has 0 unspecified atom stereocenters. The highest BCUT2D eigenvalue weighted by molar-refractivity contribution is 7.17. The molecule has 0 fully saturated rings. The number of anilines is 1. The minimum atomic E-state index is -0.774. The predicted octanol–water partition coefficient (Wildman–Crippen LogP) is 4.88. The number of hydrogen-bond acceptors (Lipinski definition) is 4. The molecule has 1 heterocycles. The quantitative estimate of drug-likeness (QED) is 0.603. The first-order chi connectivity index (χ1) is 13.4. The molecule has 0 spiro atoms. The number of benzene rings is 2. The van der Waals surface area contributed by atoms with E-state index in [0.29, 0.717) is 21.3 Å². The molecule has 3 aromatic rings. The number of hydrogen-bond donors (Lipinski definition) is 2. The first kappa shape index (κ1) is 19.9. The predicted molar refractivity (Wildman–Crippen MR) is 113 cm³/mol. The normalized spacial score (nSPS) is 11.7. The summed E-state index contributed by atoms with van der Waals surface area (Å²) in [5, 5.41) is 3.78. The van der Waals surface area contributed by atoms with Crippen LogP contribution in [0.5, 0.6) is 5.75 Å². The standard InChI is InChI=1S/C21H19ClN2O3S/c1-12(27-16-10-8-15(22)9-11-16)20(26)24-21-18(19(23)25)17(13(2)28-21)14-6-4-3-5-7-14/h3-12H,1-2H3,(H2,23,25)(H,24,26)/t12-/m0/s1. The van der Waals surface area contributed by atoms with Crippen LogP contribution in [-0.2, 0) is 4.79 Å². The van der Waals surface area contributed by atoms with E-state index in [1.165, 1.54) is 11.3 Å². The summed E-state index contributed by atoms with van der Waals surface area (Å²) in [5.41, 5.74) is 7.54. The number of ether oxygens (including phenoxy) is 1. The smallest absolute Gasteiger partial charge is 0.265 e. The molecule has 2 aromatic carbocycles. The van der Waals surface area contributed by atoms with E-state index in [1.54, 1.807) is 31.2 Å². The highest BCUT2D eigenvalue weighted by atomic mass is 35.5. The van der Waals surface area contributed by atoms with Gasteiger partial charge in [-0.15, -0.1) is 11.3 Å². The number of rotatable bonds is 6. The summed E-state index contributed by atoms with van der Waals surface area (Å²) in [6.45, 7) is 3.52. The molecule has 3 rings (SSSR count). The number of nitrogens with two attached hydrogens (primary N) is 1. The molecular formula is C21H19ClN2O3S. The molecule has 1 aromatic heterocycles. The lowest BCUT2D eigenvalue weighted by atomic mass is 10.0. The average Bonchev–Trinajstić information content (AvgIpc) is 3.00. The Kier molecular flexibility index (Phi) is 6.02. The second-order valence-corrected chi connectivity index (χ2v) is 7.83. The van der Waals surface area contributed by atoms with Crippen molar-refractivity contribution in [3.8, 4) is 16.9 Å². The Bertz CT molecular complexity index is 1000. The Labute approximate surface area is 172 Å². The number of primary amides is 1. The Balaban J connectivity index is 1.84. The third-order valence-corrected chi connectivity index (χ3v) is 5.40. The van der Waals surface area contributed by atoms with E-state index >= 15 is 0 Å². The number of nitrogens with one attached hydrogen (secondary N) is 1. The van der Waals surface area contributed by atoms with Crippen LogP contribution in [0.1, 0.15) is 22.2 Å². The van der Waals surface area contributed by atoms with E-state index in [0.717, 1.165) is 16.0 Å². The van der Waals surface area contributed by atoms with Gasteiger partial charge in [-0.3, -0.25) is 9.59 Å². The van der Waals surface area contributed by atoms with Gasteiger partial charge in [-0.2, -0.15) is 0 Å². The third-order valence-electron chi connectivity index (χ3n) is 4.13. The zero-order valence-electron chi connectivity index (χ0n) is 15.4. The number of thiophene rings is 1. The molecule has 7 heteroatoms. The number of halogens is 1. The molecule has 0 bridgehead atoms. The lowest BCUT2D eigenvalue weighted by molar-refractivity contribution is -0.122. The van der Waals surface area contributed by atoms with E-state index in [2.05, 4.69) is 5.32 Å². The topological polar surface area (TPSA) is 81.4 Å². The molecule has 2 amide bonds. The Morgan fingerprint density at radius 3 is 2.36 bits per heavy atom. The minimum absolute atomic E-state index is 0.306. The number of carbonyl (C=O) groups is 2. The Morgan fingerprint density at radius 2 is 1.75 bits per heavy atom. The molecular weight excluding hydrogens is 396 g/mol. The summed E-state index contributed by atoms with van der Waals surface area (Å²) in [5.74, 6) is -0.447. The maximum atomic E-state index is 12.6. The fraction of sp³-hybridized carbons (Fsp3) is 0.143. The van der Waals surface area contributed by atoms with Crippen molar-refractivity contribution in [2.45, 2.75) is 20.0 Å². The molecule has 3 N–H and O–H groups in total. The summed E-state index contributed by atoms with van der Waals surface area (Å²) in [7, 11) is 0. The van der Waals surface area contributed by atoms with Crippen molar-refractivity contribution in [2.75, 3.05) is 5.32 Å². The van der Waals surface area contributed by atoms with Gasteiger partial charge in [-0.05, 0) is 43.7 Å². The fourth-order valence-corrected chi connectivity index (χ4v) is 4.02. The summed E-state index contributed by atoms with van der Waals surface area (Å²) in [6.07, 6.45) is -0.774. The molecule has 0 aliphatic heterocycles. The molecule has 0 radical (unpaired) electrons. The SMILES string of the molecule is Cc1sc(NC(=O)[C@H](C)Oc2ccc(Cl)cc2)c(C(N)=O)c1-c1ccccc1. The van der Waals surface area contributed by atoms with Crippen molar-refractivity contribution >= 4 is 39.8 Å². The van der Waals surface area contributed by atoms with Crippen LogP contribution in [-0.4, -0.2) is 17.9 Å². The number of aryl methyl sites for hydroxylation is 1. The minimum Gasteiger partial charge on any atom is -0.481 e. The zero-order chi connectivity index (χ0) is 20.3. The Morgan fingerprint density at radius 1 is 1.11 bits per heavy atom. The van der Waals surface area contributed by atoms with Gasteiger partial charge in [-0.25, -0.2) is 0 Å². The second-order valence-electron chi connectivity index (χ2n) is 6.17. The molecule has 0 saturated heterocycles. The first-order valence-corrected chi connectivity index (χ1v) is 9.78. The molecule has 0 aliphatic carbocycles. The lowest BCUT2D eigenvalue weighted by Crippen LogP contribution is -2.30. The zero-order valence-corrected chi connectivity index (χ0v) is 16.9. The van der Waals surface area contributed by atoms with Crippen LogP contribution in [0.4, 0.5) is 5.00 Å². The highest BCUT2D eigenvalue weighted by Gasteiger charge is 2.24. The van der Waals surface area contributed by atoms with Gasteiger partial charge in [-0.1, -0.05) is 41.9 Å². The number of amides is 2.